The van der Waals surface area contributed by atoms with Crippen molar-refractivity contribution in [3.8, 4) is 11.4 Å². The average molecular weight is 389 g/mol. The van der Waals surface area contributed by atoms with E-state index < -0.39 is 0 Å². The maximum atomic E-state index is 12.6. The standard InChI is InChI=1S/C20H25ClN4O2/c21-16-6-2-5-14(11-16)19-24-17(27-25-19)7-8-23-20(26)15-9-12-3-1-4-13(10-15)18(12)22/h2,5-6,11-13,15,18H,1,3-4,7-10,22H2,(H,23,26). The monoisotopic (exact) mass is 388 g/mol. The Morgan fingerprint density at radius 3 is 2.81 bits per heavy atom. The van der Waals surface area contributed by atoms with Gasteiger partial charge in [-0.1, -0.05) is 35.3 Å². The first-order valence-corrected chi connectivity index (χ1v) is 10.1. The van der Waals surface area contributed by atoms with Gasteiger partial charge in [-0.3, -0.25) is 4.79 Å². The molecule has 2 aliphatic carbocycles. The van der Waals surface area contributed by atoms with E-state index >= 15 is 0 Å². The Balaban J connectivity index is 1.28. The van der Waals surface area contributed by atoms with Crippen LogP contribution in [0.25, 0.3) is 11.4 Å². The van der Waals surface area contributed by atoms with Crippen LogP contribution in [0.4, 0.5) is 0 Å². The zero-order valence-electron chi connectivity index (χ0n) is 15.2. The molecule has 27 heavy (non-hydrogen) atoms. The van der Waals surface area contributed by atoms with Gasteiger partial charge < -0.3 is 15.6 Å². The summed E-state index contributed by atoms with van der Waals surface area (Å²) in [6.45, 7) is 0.494. The molecule has 0 radical (unpaired) electrons. The van der Waals surface area contributed by atoms with Gasteiger partial charge in [0.2, 0.25) is 17.6 Å². The van der Waals surface area contributed by atoms with Gasteiger partial charge in [0.15, 0.2) is 0 Å². The fourth-order valence-corrected chi connectivity index (χ4v) is 4.73. The summed E-state index contributed by atoms with van der Waals surface area (Å²) in [5, 5.41) is 7.65. The second-order valence-electron chi connectivity index (χ2n) is 7.76. The van der Waals surface area contributed by atoms with Crippen molar-refractivity contribution in [1.82, 2.24) is 15.5 Å². The normalized spacial score (nSPS) is 27.3. The number of fused-ring (bicyclic) bond motifs is 2. The summed E-state index contributed by atoms with van der Waals surface area (Å²) in [4.78, 5) is 16.9. The predicted molar refractivity (Wildman–Crippen MR) is 103 cm³/mol. The average Bonchev–Trinajstić information content (AvgIpc) is 3.10. The number of benzene rings is 1. The Kier molecular flexibility index (Phi) is 5.45. The van der Waals surface area contributed by atoms with Crippen LogP contribution in [0.1, 0.15) is 38.0 Å². The number of halogens is 1. The van der Waals surface area contributed by atoms with Crippen LogP contribution in [-0.4, -0.2) is 28.6 Å². The molecule has 2 atom stereocenters. The lowest BCUT2D eigenvalue weighted by Crippen LogP contribution is -2.49. The molecule has 2 bridgehead atoms. The molecule has 0 saturated heterocycles. The second kappa shape index (κ2) is 7.98. The second-order valence-corrected chi connectivity index (χ2v) is 8.20. The van der Waals surface area contributed by atoms with E-state index in [4.69, 9.17) is 21.9 Å². The van der Waals surface area contributed by atoms with Crippen molar-refractivity contribution in [2.75, 3.05) is 6.54 Å². The zero-order valence-corrected chi connectivity index (χ0v) is 16.0. The number of amides is 1. The molecule has 3 N–H and O–H groups in total. The molecule has 6 nitrogen and oxygen atoms in total. The molecule has 2 aliphatic rings. The van der Waals surface area contributed by atoms with E-state index in [1.54, 1.807) is 12.1 Å². The van der Waals surface area contributed by atoms with Gasteiger partial charge in [-0.2, -0.15) is 4.98 Å². The van der Waals surface area contributed by atoms with Crippen molar-refractivity contribution >= 4 is 17.5 Å². The summed E-state index contributed by atoms with van der Waals surface area (Å²) in [5.74, 6) is 2.24. The van der Waals surface area contributed by atoms with Gasteiger partial charge in [0.05, 0.1) is 0 Å². The molecular weight excluding hydrogens is 364 g/mol. The summed E-state index contributed by atoms with van der Waals surface area (Å²) >= 11 is 6.00. The van der Waals surface area contributed by atoms with E-state index in [2.05, 4.69) is 15.5 Å². The first-order valence-electron chi connectivity index (χ1n) is 9.72. The summed E-state index contributed by atoms with van der Waals surface area (Å²) < 4.78 is 5.29. The minimum absolute atomic E-state index is 0.0878. The SMILES string of the molecule is NC1C2CCCC1CC(C(=O)NCCc1nc(-c3cccc(Cl)c3)no1)C2. The number of nitrogens with two attached hydrogens (primary N) is 1. The number of nitrogens with zero attached hydrogens (tertiary/aromatic N) is 2. The lowest BCUT2D eigenvalue weighted by molar-refractivity contribution is -0.127. The molecule has 1 aromatic carbocycles. The fourth-order valence-electron chi connectivity index (χ4n) is 4.54. The molecular formula is C20H25ClN4O2. The minimum Gasteiger partial charge on any atom is -0.355 e. The van der Waals surface area contributed by atoms with Gasteiger partial charge in [0, 0.05) is 35.5 Å². The maximum Gasteiger partial charge on any atom is 0.228 e. The lowest BCUT2D eigenvalue weighted by atomic mass is 9.65. The number of rotatable bonds is 5. The molecule has 4 rings (SSSR count). The van der Waals surface area contributed by atoms with E-state index in [-0.39, 0.29) is 17.9 Å². The Labute approximate surface area is 163 Å². The van der Waals surface area contributed by atoms with Crippen LogP contribution in [0.15, 0.2) is 28.8 Å². The molecule has 2 fully saturated rings. The van der Waals surface area contributed by atoms with Crippen molar-refractivity contribution in [3.63, 3.8) is 0 Å². The highest BCUT2D eigenvalue weighted by Crippen LogP contribution is 2.41. The quantitative estimate of drug-likeness (QED) is 0.820. The molecule has 0 aliphatic heterocycles. The van der Waals surface area contributed by atoms with Crippen LogP contribution in [-0.2, 0) is 11.2 Å². The largest absolute Gasteiger partial charge is 0.355 e. The van der Waals surface area contributed by atoms with Crippen LogP contribution in [0.5, 0.6) is 0 Å². The van der Waals surface area contributed by atoms with E-state index in [0.29, 0.717) is 41.5 Å². The van der Waals surface area contributed by atoms with E-state index in [1.807, 2.05) is 12.1 Å². The topological polar surface area (TPSA) is 94.0 Å². The van der Waals surface area contributed by atoms with Gasteiger partial charge in [0.25, 0.3) is 0 Å². The highest BCUT2D eigenvalue weighted by molar-refractivity contribution is 6.30. The van der Waals surface area contributed by atoms with Gasteiger partial charge in [-0.05, 0) is 49.7 Å². The Morgan fingerprint density at radius 1 is 1.30 bits per heavy atom. The van der Waals surface area contributed by atoms with Gasteiger partial charge in [0.1, 0.15) is 0 Å². The molecule has 2 aromatic rings. The molecule has 2 saturated carbocycles. The van der Waals surface area contributed by atoms with E-state index in [1.165, 1.54) is 6.42 Å². The zero-order chi connectivity index (χ0) is 18.8. The van der Waals surface area contributed by atoms with Gasteiger partial charge in [-0.25, -0.2) is 0 Å². The summed E-state index contributed by atoms with van der Waals surface area (Å²) in [6.07, 6.45) is 5.93. The van der Waals surface area contributed by atoms with Gasteiger partial charge in [-0.15, -0.1) is 0 Å². The maximum absolute atomic E-state index is 12.6. The molecule has 1 heterocycles. The van der Waals surface area contributed by atoms with Crippen LogP contribution in [0.3, 0.4) is 0 Å². The molecule has 1 aromatic heterocycles. The number of carbonyl (C=O) groups is 1. The van der Waals surface area contributed by atoms with Crippen LogP contribution < -0.4 is 11.1 Å². The number of aromatic nitrogens is 2. The Morgan fingerprint density at radius 2 is 2.07 bits per heavy atom. The smallest absolute Gasteiger partial charge is 0.228 e. The lowest BCUT2D eigenvalue weighted by Gasteiger charge is -2.43. The van der Waals surface area contributed by atoms with Crippen LogP contribution in [0, 0.1) is 17.8 Å². The van der Waals surface area contributed by atoms with E-state index in [9.17, 15) is 4.79 Å². The molecule has 7 heteroatoms. The summed E-state index contributed by atoms with van der Waals surface area (Å²) in [6, 6.07) is 7.61. The number of hydrogen-bond donors (Lipinski definition) is 2. The number of hydrogen-bond acceptors (Lipinski definition) is 5. The number of nitrogens with one attached hydrogen (secondary N) is 1. The van der Waals surface area contributed by atoms with Crippen LogP contribution >= 0.6 is 11.6 Å². The van der Waals surface area contributed by atoms with Crippen molar-refractivity contribution in [3.05, 3.63) is 35.2 Å². The summed E-state index contributed by atoms with van der Waals surface area (Å²) in [5.41, 5.74) is 7.13. The van der Waals surface area contributed by atoms with Crippen molar-refractivity contribution in [2.45, 2.75) is 44.6 Å². The van der Waals surface area contributed by atoms with Crippen molar-refractivity contribution < 1.29 is 9.32 Å². The molecule has 2 unspecified atom stereocenters. The first kappa shape index (κ1) is 18.4. The number of carbonyl (C=O) groups excluding carboxylic acids is 1. The third kappa shape index (κ3) is 4.17. The van der Waals surface area contributed by atoms with Gasteiger partial charge >= 0.3 is 0 Å². The van der Waals surface area contributed by atoms with Crippen LogP contribution in [0.2, 0.25) is 5.02 Å². The first-order chi connectivity index (χ1) is 13.1. The minimum atomic E-state index is 0.0878. The third-order valence-corrected chi connectivity index (χ3v) is 6.21. The van der Waals surface area contributed by atoms with E-state index in [0.717, 1.165) is 31.2 Å². The Hall–Kier alpha value is -1.92. The van der Waals surface area contributed by atoms with Crippen molar-refractivity contribution in [2.24, 2.45) is 23.5 Å². The Bertz CT molecular complexity index is 795. The van der Waals surface area contributed by atoms with Crippen molar-refractivity contribution in [1.29, 1.82) is 0 Å². The fraction of sp³-hybridized carbons (Fsp3) is 0.550. The predicted octanol–water partition coefficient (Wildman–Crippen LogP) is 3.20. The summed E-state index contributed by atoms with van der Waals surface area (Å²) in [7, 11) is 0. The molecule has 0 spiro atoms. The highest BCUT2D eigenvalue weighted by atomic mass is 35.5. The molecule has 144 valence electrons. The molecule has 1 amide bonds. The highest BCUT2D eigenvalue weighted by Gasteiger charge is 2.40. The third-order valence-electron chi connectivity index (χ3n) is 5.97.